The first-order chi connectivity index (χ1) is 37.7. The Bertz CT molecular complexity index is 1620. The molecule has 1 heterocycles. The highest BCUT2D eigenvalue weighted by atomic mass is 16.7. The number of aliphatic hydroxyl groups is 5. The Morgan fingerprint density at radius 2 is 0.935 bits per heavy atom. The van der Waals surface area contributed by atoms with Crippen molar-refractivity contribution in [1.29, 1.82) is 0 Å². The number of unbranched alkanes of at least 4 members (excludes halogenated alkanes) is 23. The summed E-state index contributed by atoms with van der Waals surface area (Å²) in [6, 6.07) is -1.05. The minimum absolute atomic E-state index is 0.109. The summed E-state index contributed by atoms with van der Waals surface area (Å²) in [5.74, 6) is -1.25. The van der Waals surface area contributed by atoms with E-state index in [1.165, 1.54) is 96.3 Å². The van der Waals surface area contributed by atoms with Gasteiger partial charge in [-0.2, -0.15) is 0 Å². The van der Waals surface area contributed by atoms with Crippen LogP contribution in [0.3, 0.4) is 0 Å². The zero-order chi connectivity index (χ0) is 56.1. The predicted molar refractivity (Wildman–Crippen MR) is 319 cm³/mol. The number of nitrogens with one attached hydrogen (secondary N) is 1. The fraction of sp³-hybridized carbons (Fsp3) is 0.727. The summed E-state index contributed by atoms with van der Waals surface area (Å²) in [5, 5.41) is 56.9. The summed E-state index contributed by atoms with van der Waals surface area (Å²) >= 11 is 0. The highest BCUT2D eigenvalue weighted by Crippen LogP contribution is 2.26. The van der Waals surface area contributed by atoms with Crippen LogP contribution in [0.1, 0.15) is 245 Å². The van der Waals surface area contributed by atoms with Crippen molar-refractivity contribution in [3.8, 4) is 0 Å². The van der Waals surface area contributed by atoms with E-state index in [0.29, 0.717) is 19.3 Å². The van der Waals surface area contributed by atoms with Gasteiger partial charge < -0.3 is 45.1 Å². The lowest BCUT2D eigenvalue weighted by atomic mass is 9.99. The highest BCUT2D eigenvalue weighted by Gasteiger charge is 2.47. The van der Waals surface area contributed by atoms with Crippen LogP contribution in [0.25, 0.3) is 0 Å². The van der Waals surface area contributed by atoms with Crippen LogP contribution in [0.15, 0.2) is 97.2 Å². The Hall–Kier alpha value is -3.42. The third-order valence-electron chi connectivity index (χ3n) is 14.0. The summed E-state index contributed by atoms with van der Waals surface area (Å²) in [6.45, 7) is 5.63. The van der Waals surface area contributed by atoms with E-state index in [1.807, 2.05) is 12.2 Å². The quantitative estimate of drug-likeness (QED) is 0.0195. The fourth-order valence-corrected chi connectivity index (χ4v) is 9.07. The minimum atomic E-state index is -1.63. The smallest absolute Gasteiger partial charge is 0.306 e. The number of hydrogen-bond acceptors (Lipinski definition) is 10. The standard InChI is InChI=1S/C66H113NO10/c1-4-7-10-13-16-19-22-24-26-28-29-30-32-33-35-38-41-44-47-50-53-59(70)65(74)67-57(58(69)52-49-46-43-40-37-21-18-15-12-9-6-3)56-75-66-64(63(73)62(72)60(55-68)76-66)77-61(71)54-51-48-45-42-39-36-34-31-27-25-23-20-17-14-11-8-5-2/h7,10,16,19,24-27,29-30,33,35,41,44,49,52,57-60,62-64,66,68-70,72-73H,4-6,8-9,11-15,17-18,20-23,28,31-32,34,36-40,42-43,45-48,50-51,53-56H2,1-3H3,(H,67,74)/b10-7-,19-16-,26-24-,27-25+,30-29-,35-33-,44-41-,52-49+. The molecule has 1 fully saturated rings. The normalized spacial score (nSPS) is 19.7. The van der Waals surface area contributed by atoms with Gasteiger partial charge in [0.2, 0.25) is 5.91 Å². The van der Waals surface area contributed by atoms with Crippen LogP contribution in [-0.4, -0.2) is 99.6 Å². The van der Waals surface area contributed by atoms with E-state index in [2.05, 4.69) is 105 Å². The third-order valence-corrected chi connectivity index (χ3v) is 14.0. The van der Waals surface area contributed by atoms with Gasteiger partial charge in [-0.25, -0.2) is 0 Å². The summed E-state index contributed by atoms with van der Waals surface area (Å²) in [7, 11) is 0. The largest absolute Gasteiger partial charge is 0.454 e. The molecule has 1 amide bonds. The van der Waals surface area contributed by atoms with Crippen molar-refractivity contribution < 1.29 is 49.3 Å². The molecule has 11 heteroatoms. The van der Waals surface area contributed by atoms with Crippen molar-refractivity contribution in [3.05, 3.63) is 97.2 Å². The van der Waals surface area contributed by atoms with E-state index >= 15 is 0 Å². The molecule has 0 aromatic carbocycles. The van der Waals surface area contributed by atoms with E-state index < -0.39 is 67.4 Å². The maximum atomic E-state index is 13.4. The molecule has 0 saturated carbocycles. The van der Waals surface area contributed by atoms with Crippen LogP contribution < -0.4 is 5.32 Å². The first-order valence-electron chi connectivity index (χ1n) is 31.0. The molecule has 0 spiro atoms. The van der Waals surface area contributed by atoms with Crippen molar-refractivity contribution in [3.63, 3.8) is 0 Å². The molecule has 0 bridgehead atoms. The molecule has 0 aromatic heterocycles. The Balaban J connectivity index is 2.71. The fourth-order valence-electron chi connectivity index (χ4n) is 9.07. The predicted octanol–water partition coefficient (Wildman–Crippen LogP) is 14.7. The zero-order valence-corrected chi connectivity index (χ0v) is 48.8. The van der Waals surface area contributed by atoms with Crippen molar-refractivity contribution in [2.45, 2.75) is 294 Å². The molecule has 1 aliphatic rings. The van der Waals surface area contributed by atoms with E-state index in [-0.39, 0.29) is 19.4 Å². The molecular weight excluding hydrogens is 967 g/mol. The molecule has 0 aliphatic carbocycles. The van der Waals surface area contributed by atoms with Crippen molar-refractivity contribution in [1.82, 2.24) is 5.32 Å². The molecule has 8 atom stereocenters. The van der Waals surface area contributed by atoms with E-state index in [0.717, 1.165) is 96.3 Å². The zero-order valence-electron chi connectivity index (χ0n) is 48.8. The van der Waals surface area contributed by atoms with Crippen LogP contribution in [-0.2, 0) is 23.8 Å². The number of ether oxygens (including phenoxy) is 3. The molecule has 1 aliphatic heterocycles. The minimum Gasteiger partial charge on any atom is -0.454 e. The molecule has 1 rings (SSSR count). The molecule has 0 aromatic rings. The summed E-state index contributed by atoms with van der Waals surface area (Å²) in [6.07, 6.45) is 60.2. The monoisotopic (exact) mass is 1080 g/mol. The van der Waals surface area contributed by atoms with E-state index in [4.69, 9.17) is 14.2 Å². The Kier molecular flexibility index (Phi) is 49.5. The number of allylic oxidation sites excluding steroid dienone is 15. The van der Waals surface area contributed by atoms with Gasteiger partial charge in [-0.05, 0) is 103 Å². The van der Waals surface area contributed by atoms with Gasteiger partial charge in [-0.1, -0.05) is 234 Å². The number of hydrogen-bond donors (Lipinski definition) is 6. The van der Waals surface area contributed by atoms with Crippen LogP contribution in [0.5, 0.6) is 0 Å². The van der Waals surface area contributed by atoms with Gasteiger partial charge in [-0.15, -0.1) is 0 Å². The molecule has 8 unspecified atom stereocenters. The van der Waals surface area contributed by atoms with Crippen LogP contribution >= 0.6 is 0 Å². The van der Waals surface area contributed by atoms with Gasteiger partial charge in [0.25, 0.3) is 0 Å². The van der Waals surface area contributed by atoms with Gasteiger partial charge in [0.1, 0.15) is 24.4 Å². The molecule has 77 heavy (non-hydrogen) atoms. The number of amides is 1. The average molecular weight is 1080 g/mol. The van der Waals surface area contributed by atoms with E-state index in [9.17, 15) is 35.1 Å². The molecule has 1 saturated heterocycles. The van der Waals surface area contributed by atoms with Crippen molar-refractivity contribution in [2.75, 3.05) is 13.2 Å². The number of esters is 1. The Morgan fingerprint density at radius 3 is 1.42 bits per heavy atom. The van der Waals surface area contributed by atoms with Gasteiger partial charge in [0.15, 0.2) is 12.4 Å². The maximum absolute atomic E-state index is 13.4. The number of rotatable bonds is 51. The van der Waals surface area contributed by atoms with Gasteiger partial charge >= 0.3 is 5.97 Å². The van der Waals surface area contributed by atoms with Crippen LogP contribution in [0.4, 0.5) is 0 Å². The SMILES string of the molecule is CC/C=C\C/C=C\C/C=C\C/C=C\C/C=C\C/C=C\CCCC(O)C(=O)NC(COC1OC(CO)C(O)C(O)C1OC(=O)CCCCCCCCC/C=C/CCCCCCCC)C(O)/C=C/CCCCCCCCCCC. The molecule has 442 valence electrons. The van der Waals surface area contributed by atoms with Crippen molar-refractivity contribution >= 4 is 11.9 Å². The number of carbonyl (C=O) groups is 2. The second kappa shape index (κ2) is 53.2. The molecule has 11 nitrogen and oxygen atoms in total. The average Bonchev–Trinajstić information content (AvgIpc) is 3.43. The second-order valence-electron chi connectivity index (χ2n) is 21.0. The molecule has 0 radical (unpaired) electrons. The lowest BCUT2D eigenvalue weighted by Crippen LogP contribution is -2.61. The lowest BCUT2D eigenvalue weighted by molar-refractivity contribution is -0.305. The van der Waals surface area contributed by atoms with Gasteiger partial charge in [-0.3, -0.25) is 9.59 Å². The first-order valence-corrected chi connectivity index (χ1v) is 31.0. The summed E-state index contributed by atoms with van der Waals surface area (Å²) in [4.78, 5) is 26.5. The lowest BCUT2D eigenvalue weighted by Gasteiger charge is -2.41. The second-order valence-corrected chi connectivity index (χ2v) is 21.0. The summed E-state index contributed by atoms with van der Waals surface area (Å²) in [5.41, 5.74) is 0. The topological polar surface area (TPSA) is 175 Å². The molecular formula is C66H113NO10. The van der Waals surface area contributed by atoms with Crippen molar-refractivity contribution in [2.24, 2.45) is 0 Å². The Morgan fingerprint density at radius 1 is 0.519 bits per heavy atom. The molecule has 6 N–H and O–H groups in total. The van der Waals surface area contributed by atoms with Gasteiger partial charge in [0, 0.05) is 6.42 Å². The number of aliphatic hydroxyl groups excluding tert-OH is 5. The summed E-state index contributed by atoms with van der Waals surface area (Å²) < 4.78 is 17.6. The van der Waals surface area contributed by atoms with E-state index in [1.54, 1.807) is 6.08 Å². The number of carbonyl (C=O) groups excluding carboxylic acids is 2. The van der Waals surface area contributed by atoms with Crippen LogP contribution in [0.2, 0.25) is 0 Å². The maximum Gasteiger partial charge on any atom is 0.306 e. The highest BCUT2D eigenvalue weighted by molar-refractivity contribution is 5.80. The van der Waals surface area contributed by atoms with Crippen LogP contribution in [0, 0.1) is 0 Å². The third kappa shape index (κ3) is 41.3. The first kappa shape index (κ1) is 71.6. The van der Waals surface area contributed by atoms with Gasteiger partial charge in [0.05, 0.1) is 25.4 Å². The Labute approximate surface area is 469 Å².